The third-order valence-electron chi connectivity index (χ3n) is 3.72. The lowest BCUT2D eigenvalue weighted by Crippen LogP contribution is -2.56. The highest BCUT2D eigenvalue weighted by molar-refractivity contribution is 6.30. The Morgan fingerprint density at radius 1 is 1.42 bits per heavy atom. The van der Waals surface area contributed by atoms with Crippen molar-refractivity contribution in [1.82, 2.24) is 10.2 Å². The van der Waals surface area contributed by atoms with Crippen LogP contribution in [-0.4, -0.2) is 30.6 Å². The lowest BCUT2D eigenvalue weighted by Gasteiger charge is -2.43. The fourth-order valence-corrected chi connectivity index (χ4v) is 2.78. The SMILES string of the molecule is CC(C)(C)C1CNCCN1Cc1ccc(Cl)c(F)c1. The van der Waals surface area contributed by atoms with E-state index in [0.29, 0.717) is 6.04 Å². The van der Waals surface area contributed by atoms with Crippen LogP contribution in [0.15, 0.2) is 18.2 Å². The molecule has 1 fully saturated rings. The predicted molar refractivity (Wildman–Crippen MR) is 77.9 cm³/mol. The lowest BCUT2D eigenvalue weighted by molar-refractivity contribution is 0.0688. The van der Waals surface area contributed by atoms with Crippen molar-refractivity contribution in [2.75, 3.05) is 19.6 Å². The molecule has 2 rings (SSSR count). The van der Waals surface area contributed by atoms with E-state index >= 15 is 0 Å². The molecule has 0 saturated carbocycles. The molecule has 4 heteroatoms. The largest absolute Gasteiger partial charge is 0.314 e. The highest BCUT2D eigenvalue weighted by Crippen LogP contribution is 2.27. The van der Waals surface area contributed by atoms with Gasteiger partial charge in [0, 0.05) is 32.2 Å². The van der Waals surface area contributed by atoms with Crippen molar-refractivity contribution < 1.29 is 4.39 Å². The average molecular weight is 285 g/mol. The number of rotatable bonds is 2. The Morgan fingerprint density at radius 2 is 2.16 bits per heavy atom. The first-order valence-electron chi connectivity index (χ1n) is 6.76. The molecule has 0 spiro atoms. The highest BCUT2D eigenvalue weighted by Gasteiger charge is 2.32. The smallest absolute Gasteiger partial charge is 0.142 e. The Morgan fingerprint density at radius 3 is 2.79 bits per heavy atom. The van der Waals surface area contributed by atoms with E-state index in [1.54, 1.807) is 12.1 Å². The van der Waals surface area contributed by atoms with Crippen molar-refractivity contribution in [1.29, 1.82) is 0 Å². The Hall–Kier alpha value is -0.640. The van der Waals surface area contributed by atoms with Gasteiger partial charge in [0.15, 0.2) is 0 Å². The zero-order valence-electron chi connectivity index (χ0n) is 11.8. The minimum absolute atomic E-state index is 0.191. The first-order valence-corrected chi connectivity index (χ1v) is 7.14. The van der Waals surface area contributed by atoms with Gasteiger partial charge < -0.3 is 5.32 Å². The Balaban J connectivity index is 2.13. The minimum Gasteiger partial charge on any atom is -0.314 e. The summed E-state index contributed by atoms with van der Waals surface area (Å²) >= 11 is 5.73. The van der Waals surface area contributed by atoms with Gasteiger partial charge in [0.25, 0.3) is 0 Å². The van der Waals surface area contributed by atoms with Gasteiger partial charge in [-0.3, -0.25) is 4.90 Å². The molecule has 0 amide bonds. The number of nitrogens with zero attached hydrogens (tertiary/aromatic N) is 1. The zero-order valence-corrected chi connectivity index (χ0v) is 12.6. The molecular formula is C15H22ClFN2. The van der Waals surface area contributed by atoms with Gasteiger partial charge >= 0.3 is 0 Å². The summed E-state index contributed by atoms with van der Waals surface area (Å²) < 4.78 is 13.5. The van der Waals surface area contributed by atoms with Crippen LogP contribution in [-0.2, 0) is 6.54 Å². The highest BCUT2D eigenvalue weighted by atomic mass is 35.5. The molecule has 1 N–H and O–H groups in total. The molecule has 0 aromatic heterocycles. The second kappa shape index (κ2) is 5.78. The van der Waals surface area contributed by atoms with E-state index in [4.69, 9.17) is 11.6 Å². The normalized spacial score (nSPS) is 21.6. The Bertz CT molecular complexity index is 442. The molecule has 1 aromatic rings. The number of nitrogens with one attached hydrogen (secondary N) is 1. The minimum atomic E-state index is -0.332. The van der Waals surface area contributed by atoms with Gasteiger partial charge in [-0.25, -0.2) is 4.39 Å². The molecule has 2 nitrogen and oxygen atoms in total. The number of halogens is 2. The third-order valence-corrected chi connectivity index (χ3v) is 4.03. The molecule has 1 saturated heterocycles. The van der Waals surface area contributed by atoms with Crippen LogP contribution in [0.25, 0.3) is 0 Å². The van der Waals surface area contributed by atoms with Gasteiger partial charge in [-0.05, 0) is 23.1 Å². The maximum absolute atomic E-state index is 13.5. The number of hydrogen-bond acceptors (Lipinski definition) is 2. The summed E-state index contributed by atoms with van der Waals surface area (Å²) in [6, 6.07) is 5.55. The third kappa shape index (κ3) is 3.68. The van der Waals surface area contributed by atoms with Crippen molar-refractivity contribution in [3.63, 3.8) is 0 Å². The molecule has 1 unspecified atom stereocenters. The molecule has 106 valence electrons. The zero-order chi connectivity index (χ0) is 14.0. The molecule has 19 heavy (non-hydrogen) atoms. The van der Waals surface area contributed by atoms with Gasteiger partial charge in [0.1, 0.15) is 5.82 Å². The molecular weight excluding hydrogens is 263 g/mol. The lowest BCUT2D eigenvalue weighted by atomic mass is 9.84. The van der Waals surface area contributed by atoms with Crippen LogP contribution in [0.5, 0.6) is 0 Å². The van der Waals surface area contributed by atoms with Gasteiger partial charge in [-0.1, -0.05) is 38.4 Å². The molecule has 0 bridgehead atoms. The van der Waals surface area contributed by atoms with E-state index < -0.39 is 0 Å². The van der Waals surface area contributed by atoms with Gasteiger partial charge in [0.05, 0.1) is 5.02 Å². The van der Waals surface area contributed by atoms with Crippen molar-refractivity contribution >= 4 is 11.6 Å². The average Bonchev–Trinajstić information content (AvgIpc) is 2.33. The van der Waals surface area contributed by atoms with Gasteiger partial charge in [-0.15, -0.1) is 0 Å². The molecule has 1 aliphatic heterocycles. The summed E-state index contributed by atoms with van der Waals surface area (Å²) in [7, 11) is 0. The van der Waals surface area contributed by atoms with E-state index in [0.717, 1.165) is 31.7 Å². The quantitative estimate of drug-likeness (QED) is 0.896. The Labute approximate surface area is 119 Å². The van der Waals surface area contributed by atoms with Crippen LogP contribution >= 0.6 is 11.6 Å². The standard InChI is InChI=1S/C15H22ClFN2/c1-15(2,3)14-9-18-6-7-19(14)10-11-4-5-12(16)13(17)8-11/h4-5,8,14,18H,6-7,9-10H2,1-3H3. The van der Waals surface area contributed by atoms with E-state index in [1.807, 2.05) is 6.07 Å². The molecule has 0 aliphatic carbocycles. The monoisotopic (exact) mass is 284 g/mol. The number of hydrogen-bond donors (Lipinski definition) is 1. The molecule has 1 atom stereocenters. The van der Waals surface area contributed by atoms with E-state index in [1.165, 1.54) is 0 Å². The van der Waals surface area contributed by atoms with E-state index in [9.17, 15) is 4.39 Å². The first kappa shape index (κ1) is 14.8. The van der Waals surface area contributed by atoms with Crippen molar-refractivity contribution in [3.8, 4) is 0 Å². The second-order valence-electron chi connectivity index (χ2n) is 6.30. The maximum Gasteiger partial charge on any atom is 0.142 e. The summed E-state index contributed by atoms with van der Waals surface area (Å²) in [6.07, 6.45) is 0. The predicted octanol–water partition coefficient (Wildman–Crippen LogP) is 3.30. The summed E-state index contributed by atoms with van der Waals surface area (Å²) in [5, 5.41) is 3.63. The first-order chi connectivity index (χ1) is 8.88. The summed E-state index contributed by atoms with van der Waals surface area (Å²) in [5.41, 5.74) is 1.19. The topological polar surface area (TPSA) is 15.3 Å². The van der Waals surface area contributed by atoms with Crippen LogP contribution < -0.4 is 5.32 Å². The summed E-state index contributed by atoms with van der Waals surface area (Å²) in [5.74, 6) is -0.332. The van der Waals surface area contributed by atoms with Crippen LogP contribution in [0, 0.1) is 11.2 Å². The fraction of sp³-hybridized carbons (Fsp3) is 0.600. The molecule has 0 radical (unpaired) electrons. The number of piperazine rings is 1. The van der Waals surface area contributed by atoms with Crippen molar-refractivity contribution in [3.05, 3.63) is 34.6 Å². The van der Waals surface area contributed by atoms with E-state index in [2.05, 4.69) is 31.0 Å². The number of benzene rings is 1. The second-order valence-corrected chi connectivity index (χ2v) is 6.71. The van der Waals surface area contributed by atoms with Crippen LogP contribution in [0.3, 0.4) is 0 Å². The van der Waals surface area contributed by atoms with Crippen LogP contribution in [0.2, 0.25) is 5.02 Å². The van der Waals surface area contributed by atoms with Crippen molar-refractivity contribution in [2.45, 2.75) is 33.4 Å². The summed E-state index contributed by atoms with van der Waals surface area (Å²) in [6.45, 7) is 10.5. The van der Waals surface area contributed by atoms with E-state index in [-0.39, 0.29) is 16.3 Å². The maximum atomic E-state index is 13.5. The molecule has 1 heterocycles. The van der Waals surface area contributed by atoms with Crippen LogP contribution in [0.1, 0.15) is 26.3 Å². The van der Waals surface area contributed by atoms with Gasteiger partial charge in [-0.2, -0.15) is 0 Å². The molecule has 1 aliphatic rings. The Kier molecular flexibility index (Phi) is 4.49. The van der Waals surface area contributed by atoms with Crippen molar-refractivity contribution in [2.24, 2.45) is 5.41 Å². The summed E-state index contributed by atoms with van der Waals surface area (Å²) in [4.78, 5) is 2.43. The van der Waals surface area contributed by atoms with Gasteiger partial charge in [0.2, 0.25) is 0 Å². The fourth-order valence-electron chi connectivity index (χ4n) is 2.66. The van der Waals surface area contributed by atoms with Crippen LogP contribution in [0.4, 0.5) is 4.39 Å². The molecule has 1 aromatic carbocycles.